The van der Waals surface area contributed by atoms with E-state index in [9.17, 15) is 14.4 Å². The topological polar surface area (TPSA) is 78.9 Å². The van der Waals surface area contributed by atoms with Crippen LogP contribution in [0.1, 0.15) is 303 Å². The first kappa shape index (κ1) is 69.6. The van der Waals surface area contributed by atoms with Crippen LogP contribution in [0.25, 0.3) is 0 Å². The molecule has 0 saturated carbocycles. The van der Waals surface area contributed by atoms with Crippen molar-refractivity contribution in [3.8, 4) is 0 Å². The SMILES string of the molecule is CC/C=C\C/C=C\C/C=C\C/C=C\C/C=C\C/C=C\CCCCCCCCC(=O)OCC(COC(=O)CCCCCCC/C=C\CCC)OC(=O)CCCCCCCCCCCCCCCCCCCCCC. The minimum absolute atomic E-state index is 0.0836. The summed E-state index contributed by atoms with van der Waals surface area (Å²) in [6.07, 6.45) is 80.2. The zero-order chi connectivity index (χ0) is 52.9. The average Bonchev–Trinajstić information content (AvgIpc) is 3.39. The molecule has 1 unspecified atom stereocenters. The first-order valence-electron chi connectivity index (χ1n) is 31.1. The number of rotatable bonds is 56. The average molecular weight is 1020 g/mol. The highest BCUT2D eigenvalue weighted by Gasteiger charge is 2.19. The predicted molar refractivity (Wildman–Crippen MR) is 316 cm³/mol. The van der Waals surface area contributed by atoms with E-state index in [1.54, 1.807) is 0 Å². The molecule has 0 saturated heterocycles. The van der Waals surface area contributed by atoms with Gasteiger partial charge in [0.25, 0.3) is 0 Å². The highest BCUT2D eigenvalue weighted by Crippen LogP contribution is 2.17. The van der Waals surface area contributed by atoms with Crippen molar-refractivity contribution in [1.29, 1.82) is 0 Å². The third-order valence-corrected chi connectivity index (χ3v) is 13.4. The van der Waals surface area contributed by atoms with Crippen LogP contribution in [0.4, 0.5) is 0 Å². The lowest BCUT2D eigenvalue weighted by Crippen LogP contribution is -2.30. The fraction of sp³-hybridized carbons (Fsp3) is 0.746. The Bertz CT molecular complexity index is 1400. The van der Waals surface area contributed by atoms with E-state index in [0.717, 1.165) is 122 Å². The molecule has 0 aromatic carbocycles. The predicted octanol–water partition coefficient (Wildman–Crippen LogP) is 21.1. The van der Waals surface area contributed by atoms with Crippen LogP contribution < -0.4 is 0 Å². The summed E-state index contributed by atoms with van der Waals surface area (Å²) in [6, 6.07) is 0. The number of ether oxygens (including phenoxy) is 3. The van der Waals surface area contributed by atoms with Crippen LogP contribution in [0, 0.1) is 0 Å². The summed E-state index contributed by atoms with van der Waals surface area (Å²) in [5.41, 5.74) is 0. The second kappa shape index (κ2) is 61.1. The molecule has 0 aromatic rings. The largest absolute Gasteiger partial charge is 0.462 e. The zero-order valence-corrected chi connectivity index (χ0v) is 48.1. The van der Waals surface area contributed by atoms with Crippen molar-refractivity contribution in [3.63, 3.8) is 0 Å². The normalized spacial score (nSPS) is 12.6. The number of allylic oxidation sites excluding steroid dienone is 14. The van der Waals surface area contributed by atoms with E-state index >= 15 is 0 Å². The van der Waals surface area contributed by atoms with Gasteiger partial charge in [0.05, 0.1) is 0 Å². The molecule has 0 fully saturated rings. The summed E-state index contributed by atoms with van der Waals surface area (Å²) < 4.78 is 16.9. The fourth-order valence-corrected chi connectivity index (χ4v) is 8.74. The molecule has 6 heteroatoms. The molecule has 0 aliphatic carbocycles. The van der Waals surface area contributed by atoms with Gasteiger partial charge in [0.15, 0.2) is 6.10 Å². The number of esters is 3. The Morgan fingerprint density at radius 3 is 0.904 bits per heavy atom. The van der Waals surface area contributed by atoms with E-state index in [0.29, 0.717) is 19.3 Å². The minimum atomic E-state index is -0.785. The highest BCUT2D eigenvalue weighted by atomic mass is 16.6. The van der Waals surface area contributed by atoms with Gasteiger partial charge in [-0.3, -0.25) is 14.4 Å². The second-order valence-corrected chi connectivity index (χ2v) is 20.6. The van der Waals surface area contributed by atoms with Crippen LogP contribution in [0.3, 0.4) is 0 Å². The van der Waals surface area contributed by atoms with Gasteiger partial charge in [-0.1, -0.05) is 279 Å². The molecule has 0 bridgehead atoms. The summed E-state index contributed by atoms with van der Waals surface area (Å²) in [4.78, 5) is 38.2. The van der Waals surface area contributed by atoms with Gasteiger partial charge in [-0.15, -0.1) is 0 Å². The van der Waals surface area contributed by atoms with Gasteiger partial charge >= 0.3 is 17.9 Å². The Morgan fingerprint density at radius 2 is 0.562 bits per heavy atom. The van der Waals surface area contributed by atoms with E-state index in [4.69, 9.17) is 14.2 Å². The van der Waals surface area contributed by atoms with Gasteiger partial charge in [-0.05, 0) is 89.9 Å². The summed E-state index contributed by atoms with van der Waals surface area (Å²) in [5, 5.41) is 0. The molecule has 0 rings (SSSR count). The van der Waals surface area contributed by atoms with Crippen molar-refractivity contribution in [2.45, 2.75) is 309 Å². The Kier molecular flexibility index (Phi) is 58.3. The van der Waals surface area contributed by atoms with Gasteiger partial charge in [-0.25, -0.2) is 0 Å². The molecule has 0 radical (unpaired) electrons. The summed E-state index contributed by atoms with van der Waals surface area (Å²) >= 11 is 0. The van der Waals surface area contributed by atoms with Crippen molar-refractivity contribution >= 4 is 17.9 Å². The van der Waals surface area contributed by atoms with Gasteiger partial charge in [0.2, 0.25) is 0 Å². The van der Waals surface area contributed by atoms with Crippen molar-refractivity contribution in [3.05, 3.63) is 85.1 Å². The van der Waals surface area contributed by atoms with E-state index in [1.165, 1.54) is 141 Å². The standard InChI is InChI=1S/C67H116O6/c1-4-7-10-13-16-19-22-24-26-28-30-32-33-34-35-36-38-39-41-43-45-48-51-54-57-60-66(69)72-63-64(62-71-65(68)59-56-53-50-47-21-18-15-12-9-6-3)73-67(70)61-58-55-52-49-46-44-42-40-37-31-29-27-25-23-20-17-14-11-8-5-2/h7,10,12,15-16,19,24,26,30,32,34-35,38-39,64H,4-6,8-9,11,13-14,17-18,20-23,25,27-29,31,33,36-37,40-63H2,1-3H3/b10-7-,15-12-,19-16-,26-24-,32-30-,35-34-,39-38-. The maximum atomic E-state index is 12.9. The molecule has 0 aromatic heterocycles. The highest BCUT2D eigenvalue weighted by molar-refractivity contribution is 5.71. The number of unbranched alkanes of at least 4 members (excludes halogenated alkanes) is 31. The minimum Gasteiger partial charge on any atom is -0.462 e. The third-order valence-electron chi connectivity index (χ3n) is 13.4. The Morgan fingerprint density at radius 1 is 0.288 bits per heavy atom. The monoisotopic (exact) mass is 1020 g/mol. The van der Waals surface area contributed by atoms with Gasteiger partial charge in [0, 0.05) is 19.3 Å². The third kappa shape index (κ3) is 59.3. The van der Waals surface area contributed by atoms with E-state index in [2.05, 4.69) is 106 Å². The lowest BCUT2D eigenvalue weighted by Gasteiger charge is -2.18. The van der Waals surface area contributed by atoms with Crippen LogP contribution in [0.5, 0.6) is 0 Å². The first-order chi connectivity index (χ1) is 36.0. The van der Waals surface area contributed by atoms with E-state index < -0.39 is 6.10 Å². The first-order valence-corrected chi connectivity index (χ1v) is 31.1. The molecule has 0 amide bonds. The molecule has 73 heavy (non-hydrogen) atoms. The molecule has 420 valence electrons. The van der Waals surface area contributed by atoms with Gasteiger partial charge in [-0.2, -0.15) is 0 Å². The van der Waals surface area contributed by atoms with Crippen molar-refractivity contribution in [2.24, 2.45) is 0 Å². The molecule has 0 heterocycles. The maximum absolute atomic E-state index is 12.9. The molecule has 6 nitrogen and oxygen atoms in total. The number of hydrogen-bond donors (Lipinski definition) is 0. The van der Waals surface area contributed by atoms with Crippen LogP contribution >= 0.6 is 0 Å². The van der Waals surface area contributed by atoms with E-state index in [-0.39, 0.29) is 31.1 Å². The zero-order valence-electron chi connectivity index (χ0n) is 48.1. The summed E-state index contributed by atoms with van der Waals surface area (Å²) in [5.74, 6) is -0.897. The number of hydrogen-bond acceptors (Lipinski definition) is 6. The molecule has 0 spiro atoms. The molecule has 0 aliphatic heterocycles. The quantitative estimate of drug-likeness (QED) is 0.0261. The van der Waals surface area contributed by atoms with Gasteiger partial charge < -0.3 is 14.2 Å². The van der Waals surface area contributed by atoms with Gasteiger partial charge in [0.1, 0.15) is 13.2 Å². The summed E-state index contributed by atoms with van der Waals surface area (Å²) in [7, 11) is 0. The van der Waals surface area contributed by atoms with Crippen molar-refractivity contribution in [1.82, 2.24) is 0 Å². The Labute approximate surface area is 452 Å². The van der Waals surface area contributed by atoms with Crippen molar-refractivity contribution < 1.29 is 28.6 Å². The smallest absolute Gasteiger partial charge is 0.306 e. The lowest BCUT2D eigenvalue weighted by molar-refractivity contribution is -0.167. The molecule has 1 atom stereocenters. The van der Waals surface area contributed by atoms with Crippen LogP contribution in [0.2, 0.25) is 0 Å². The van der Waals surface area contributed by atoms with Crippen molar-refractivity contribution in [2.75, 3.05) is 13.2 Å². The maximum Gasteiger partial charge on any atom is 0.306 e. The summed E-state index contributed by atoms with van der Waals surface area (Å²) in [6.45, 7) is 6.48. The number of carbonyl (C=O) groups excluding carboxylic acids is 3. The molecule has 0 aliphatic rings. The van der Waals surface area contributed by atoms with Crippen LogP contribution in [-0.2, 0) is 28.6 Å². The van der Waals surface area contributed by atoms with E-state index in [1.807, 2.05) is 0 Å². The molecular formula is C67H116O6. The second-order valence-electron chi connectivity index (χ2n) is 20.6. The lowest BCUT2D eigenvalue weighted by atomic mass is 10.0. The molecular weight excluding hydrogens is 901 g/mol. The van der Waals surface area contributed by atoms with Crippen LogP contribution in [-0.4, -0.2) is 37.2 Å². The number of carbonyl (C=O) groups is 3. The Balaban J connectivity index is 4.29. The molecule has 0 N–H and O–H groups in total. The van der Waals surface area contributed by atoms with Crippen LogP contribution in [0.15, 0.2) is 85.1 Å². The fourth-order valence-electron chi connectivity index (χ4n) is 8.74. The Hall–Kier alpha value is -3.41.